The van der Waals surface area contributed by atoms with E-state index in [-0.39, 0.29) is 17.0 Å². The molecule has 0 bridgehead atoms. The van der Waals surface area contributed by atoms with E-state index < -0.39 is 57.0 Å². The second kappa shape index (κ2) is 14.1. The van der Waals surface area contributed by atoms with Crippen LogP contribution >= 0.6 is 10.6 Å². The molecule has 0 aliphatic rings. The molecule has 0 unspecified atom stereocenters. The molecule has 0 spiro atoms. The second-order valence-corrected chi connectivity index (χ2v) is 13.3. The van der Waals surface area contributed by atoms with Gasteiger partial charge < -0.3 is 14.7 Å². The van der Waals surface area contributed by atoms with Crippen LogP contribution in [0.3, 0.4) is 0 Å². The lowest BCUT2D eigenvalue weighted by Gasteiger charge is -2.15. The number of anilines is 1. The van der Waals surface area contributed by atoms with Gasteiger partial charge in [0.1, 0.15) is 11.5 Å². The summed E-state index contributed by atoms with van der Waals surface area (Å²) in [4.78, 5) is 32.7. The molecule has 2 aromatic carbocycles. The molecule has 43 heavy (non-hydrogen) atoms. The van der Waals surface area contributed by atoms with Crippen LogP contribution in [0.1, 0.15) is 18.1 Å². The molecular formula is C24H26N6O10S3. The molecule has 0 amide bonds. The third kappa shape index (κ3) is 8.25. The van der Waals surface area contributed by atoms with E-state index in [9.17, 15) is 36.1 Å². The number of aryl methyl sites for hydroxylation is 1. The maximum atomic E-state index is 13.0. The first-order chi connectivity index (χ1) is 20.1. The molecule has 19 heteroatoms. The van der Waals surface area contributed by atoms with Crippen molar-refractivity contribution in [1.82, 2.24) is 0 Å². The summed E-state index contributed by atoms with van der Waals surface area (Å²) in [6.45, 7) is 7.77. The van der Waals surface area contributed by atoms with Crippen LogP contribution in [0.4, 0.5) is 17.1 Å². The Bertz CT molecular complexity index is 1790. The largest absolute Gasteiger partial charge is 0.495 e. The fraction of sp³-hybridized carbons (Fsp3) is 0.167. The molecule has 0 aliphatic carbocycles. The lowest BCUT2D eigenvalue weighted by Crippen LogP contribution is -2.11. The minimum Gasteiger partial charge on any atom is -0.495 e. The fourth-order valence-corrected chi connectivity index (χ4v) is 5.36. The van der Waals surface area contributed by atoms with E-state index in [0.717, 1.165) is 36.4 Å². The van der Waals surface area contributed by atoms with Crippen molar-refractivity contribution in [2.75, 3.05) is 12.8 Å². The molecule has 0 radical (unpaired) electrons. The van der Waals surface area contributed by atoms with E-state index in [1.165, 1.54) is 39.2 Å². The van der Waals surface area contributed by atoms with E-state index in [1.54, 1.807) is 6.92 Å². The Balaban J connectivity index is 3.18. The Morgan fingerprint density at radius 2 is 1.49 bits per heavy atom. The SMILES string of the molecule is C=C(/C=C\C)S(=O)(=O)Oc1cc(S(N=O)(N=O)N=O)cccc(S(=O)(=O)O)cc(N=Nc2cc(OC)c(N)cc2C)c1C. The highest BCUT2D eigenvalue weighted by molar-refractivity contribution is 8.30. The van der Waals surface area contributed by atoms with Gasteiger partial charge >= 0.3 is 10.1 Å². The van der Waals surface area contributed by atoms with Crippen LogP contribution in [0.5, 0.6) is 11.5 Å². The van der Waals surface area contributed by atoms with E-state index in [1.807, 2.05) is 0 Å². The topological polar surface area (TPSA) is 246 Å². The summed E-state index contributed by atoms with van der Waals surface area (Å²) < 4.78 is 77.9. The van der Waals surface area contributed by atoms with Crippen LogP contribution in [-0.2, 0) is 20.2 Å². The molecule has 0 aromatic heterocycles. The van der Waals surface area contributed by atoms with Crippen molar-refractivity contribution in [3.63, 3.8) is 0 Å². The van der Waals surface area contributed by atoms with Crippen LogP contribution in [-0.4, -0.2) is 28.5 Å². The number of methoxy groups -OCH3 is 1. The van der Waals surface area contributed by atoms with Gasteiger partial charge in [0.15, 0.2) is 10.6 Å². The number of benzene rings is 1. The molecule has 0 aliphatic heterocycles. The van der Waals surface area contributed by atoms with Crippen molar-refractivity contribution >= 4 is 47.9 Å². The van der Waals surface area contributed by atoms with Gasteiger partial charge in [0.2, 0.25) is 0 Å². The summed E-state index contributed by atoms with van der Waals surface area (Å²) in [7, 11) is -12.6. The zero-order valence-corrected chi connectivity index (χ0v) is 25.5. The third-order valence-corrected chi connectivity index (χ3v) is 8.98. The van der Waals surface area contributed by atoms with Crippen molar-refractivity contribution in [2.45, 2.75) is 30.6 Å². The highest BCUT2D eigenvalue weighted by Crippen LogP contribution is 2.59. The highest BCUT2D eigenvalue weighted by Gasteiger charge is 2.32. The first-order valence-electron chi connectivity index (χ1n) is 11.6. The maximum Gasteiger partial charge on any atom is 0.338 e. The van der Waals surface area contributed by atoms with Gasteiger partial charge in [0.25, 0.3) is 10.1 Å². The molecular weight excluding hydrogens is 628 g/mol. The molecule has 0 saturated carbocycles. The van der Waals surface area contributed by atoms with Gasteiger partial charge in [-0.2, -0.15) is 27.1 Å². The molecule has 2 aromatic rings. The van der Waals surface area contributed by atoms with Crippen LogP contribution < -0.4 is 14.7 Å². The third-order valence-electron chi connectivity index (χ3n) is 5.44. The van der Waals surface area contributed by atoms with Gasteiger partial charge in [0.05, 0.1) is 38.9 Å². The average Bonchev–Trinajstić information content (AvgIpc) is 2.94. The maximum absolute atomic E-state index is 13.0. The highest BCUT2D eigenvalue weighted by atomic mass is 32.3. The van der Waals surface area contributed by atoms with Crippen LogP contribution in [0, 0.1) is 28.6 Å². The van der Waals surface area contributed by atoms with Crippen molar-refractivity contribution in [3.05, 3.63) is 91.9 Å². The molecule has 2 rings (SSSR count). The molecule has 230 valence electrons. The summed E-state index contributed by atoms with van der Waals surface area (Å²) in [5.41, 5.74) is 6.23. The Labute approximate surface area is 248 Å². The minimum atomic E-state index is -4.98. The number of allylic oxidation sites excluding steroid dienone is 2. The number of hydrogen-bond acceptors (Lipinski definition) is 15. The van der Waals surface area contributed by atoms with E-state index in [4.69, 9.17) is 14.7 Å². The van der Waals surface area contributed by atoms with E-state index in [2.05, 4.69) is 30.6 Å². The van der Waals surface area contributed by atoms with Crippen molar-refractivity contribution in [3.8, 4) is 11.5 Å². The number of nitrogen functional groups attached to an aromatic ring is 1. The number of nitrogens with zero attached hydrogens (tertiary/aromatic N) is 5. The number of ether oxygens (including phenoxy) is 1. The number of nitrogens with two attached hydrogens (primary N) is 1. The van der Waals surface area contributed by atoms with Gasteiger partial charge in [-0.1, -0.05) is 18.7 Å². The Morgan fingerprint density at radius 3 is 2.02 bits per heavy atom. The Morgan fingerprint density at radius 1 is 0.907 bits per heavy atom. The summed E-state index contributed by atoms with van der Waals surface area (Å²) in [6.07, 6.45) is 2.46. The number of hydrogen-bond donors (Lipinski definition) is 2. The van der Waals surface area contributed by atoms with Crippen LogP contribution in [0.15, 0.2) is 99.9 Å². The number of azo groups is 1. The van der Waals surface area contributed by atoms with E-state index in [0.29, 0.717) is 11.3 Å². The predicted molar refractivity (Wildman–Crippen MR) is 162 cm³/mol. The average molecular weight is 655 g/mol. The Kier molecular flexibility index (Phi) is 11.3. The molecule has 0 saturated heterocycles. The first kappa shape index (κ1) is 34.6. The van der Waals surface area contributed by atoms with Gasteiger partial charge in [-0.05, 0) is 62.7 Å². The lowest BCUT2D eigenvalue weighted by molar-refractivity contribution is 0.417. The van der Waals surface area contributed by atoms with E-state index >= 15 is 0 Å². The van der Waals surface area contributed by atoms with Gasteiger partial charge in [0, 0.05) is 25.4 Å². The standard InChI is InChI=1S/C24H26N6O10S3/c1-6-8-16(3)43(37,38)40-23-13-18(41(28-31,29-32)30-33)9-7-10-19(42(34,35)36)12-22(17(23)4)27-26-21-14-24(39-5)20(25)11-15(21)2/h6-14H,3,25H2,1-2,4-5H3,(H,34,35,36)/b8-6-,9-7?,10-7?,18-9?,18-13?,19-10?,19-12?,22-12?,22-17?,23-13?,23-17?,27-26?. The minimum absolute atomic E-state index is 0.200. The molecule has 16 nitrogen and oxygen atoms in total. The summed E-state index contributed by atoms with van der Waals surface area (Å²) in [5, 5.41) is 8.14. The quantitative estimate of drug-likeness (QED) is 0.0609. The normalized spacial score (nSPS) is 12.4. The zero-order chi connectivity index (χ0) is 32.6. The van der Waals surface area contributed by atoms with Gasteiger partial charge in [-0.15, -0.1) is 14.7 Å². The summed E-state index contributed by atoms with van der Waals surface area (Å²) in [6, 6.07) is 7.15. The van der Waals surface area contributed by atoms with Gasteiger partial charge in [-0.3, -0.25) is 4.55 Å². The fourth-order valence-electron chi connectivity index (χ4n) is 3.16. The zero-order valence-electron chi connectivity index (χ0n) is 23.1. The molecule has 0 atom stereocenters. The molecule has 0 fully saturated rings. The Hall–Kier alpha value is -4.59. The van der Waals surface area contributed by atoms with Crippen molar-refractivity contribution < 1.29 is 30.3 Å². The smallest absolute Gasteiger partial charge is 0.338 e. The van der Waals surface area contributed by atoms with Crippen LogP contribution in [0.2, 0.25) is 0 Å². The monoisotopic (exact) mass is 654 g/mol. The number of nitroso groups, excluding NO2 is 3. The van der Waals surface area contributed by atoms with Crippen molar-refractivity contribution in [2.24, 2.45) is 24.0 Å². The molecule has 0 heterocycles. The second-order valence-electron chi connectivity index (χ2n) is 8.30. The van der Waals surface area contributed by atoms with Gasteiger partial charge in [-0.25, -0.2) is 0 Å². The number of rotatable bonds is 12. The predicted octanol–water partition coefficient (Wildman–Crippen LogP) is 6.69. The molecule has 3 N–H and O–H groups in total. The summed E-state index contributed by atoms with van der Waals surface area (Å²) >= 11 is 0. The summed E-state index contributed by atoms with van der Waals surface area (Å²) in [5.74, 6) is -0.449. The van der Waals surface area contributed by atoms with Crippen LogP contribution in [0.25, 0.3) is 0 Å². The lowest BCUT2D eigenvalue weighted by atomic mass is 10.1. The van der Waals surface area contributed by atoms with Crippen molar-refractivity contribution in [1.29, 1.82) is 0 Å². The first-order valence-corrected chi connectivity index (χ1v) is 15.9.